The SMILES string of the molecule is Cc1ccc(CNC(=O)c2nc(-c3nc(-c4ccc5c(c4)OCO5)no3)cs2)o1. The summed E-state index contributed by atoms with van der Waals surface area (Å²) in [4.78, 5) is 21.0. The Balaban J connectivity index is 1.30. The van der Waals surface area contributed by atoms with Crippen molar-refractivity contribution in [2.45, 2.75) is 13.5 Å². The van der Waals surface area contributed by atoms with Gasteiger partial charge < -0.3 is 23.7 Å². The predicted molar refractivity (Wildman–Crippen MR) is 102 cm³/mol. The summed E-state index contributed by atoms with van der Waals surface area (Å²) in [5, 5.41) is 8.76. The molecule has 1 N–H and O–H groups in total. The number of carbonyl (C=O) groups is 1. The van der Waals surface area contributed by atoms with Crippen molar-refractivity contribution in [2.24, 2.45) is 0 Å². The van der Waals surface area contributed by atoms with Crippen molar-refractivity contribution in [2.75, 3.05) is 6.79 Å². The van der Waals surface area contributed by atoms with Crippen molar-refractivity contribution in [3.63, 3.8) is 0 Å². The van der Waals surface area contributed by atoms with Crippen molar-refractivity contribution >= 4 is 17.2 Å². The number of nitrogens with zero attached hydrogens (tertiary/aromatic N) is 3. The summed E-state index contributed by atoms with van der Waals surface area (Å²) in [5.74, 6) is 3.11. The van der Waals surface area contributed by atoms with Crippen LogP contribution in [0.1, 0.15) is 21.3 Å². The second kappa shape index (κ2) is 7.06. The Labute approximate surface area is 168 Å². The van der Waals surface area contributed by atoms with Crippen LogP contribution in [0.25, 0.3) is 23.0 Å². The second-order valence-corrected chi connectivity index (χ2v) is 7.08. The molecule has 9 nitrogen and oxygen atoms in total. The molecule has 5 rings (SSSR count). The fourth-order valence-electron chi connectivity index (χ4n) is 2.78. The fraction of sp³-hybridized carbons (Fsp3) is 0.158. The lowest BCUT2D eigenvalue weighted by molar-refractivity contribution is 0.0947. The summed E-state index contributed by atoms with van der Waals surface area (Å²) in [6.45, 7) is 2.33. The third kappa shape index (κ3) is 3.45. The summed E-state index contributed by atoms with van der Waals surface area (Å²) in [6.07, 6.45) is 0. The predicted octanol–water partition coefficient (Wildman–Crippen LogP) is 3.42. The van der Waals surface area contributed by atoms with Gasteiger partial charge in [0, 0.05) is 10.9 Å². The van der Waals surface area contributed by atoms with Crippen LogP contribution in [0.3, 0.4) is 0 Å². The average molecular weight is 410 g/mol. The summed E-state index contributed by atoms with van der Waals surface area (Å²) < 4.78 is 21.4. The molecular formula is C19H14N4O5S. The molecule has 0 bridgehead atoms. The molecule has 0 unspecified atom stereocenters. The number of nitrogens with one attached hydrogen (secondary N) is 1. The van der Waals surface area contributed by atoms with E-state index in [1.54, 1.807) is 17.5 Å². The molecule has 0 radical (unpaired) electrons. The van der Waals surface area contributed by atoms with Crippen LogP contribution in [0.5, 0.6) is 11.5 Å². The van der Waals surface area contributed by atoms with Crippen LogP contribution < -0.4 is 14.8 Å². The molecule has 1 aliphatic heterocycles. The van der Waals surface area contributed by atoms with Gasteiger partial charge in [-0.3, -0.25) is 4.79 Å². The Kier molecular flexibility index (Phi) is 4.24. The van der Waals surface area contributed by atoms with E-state index in [1.807, 2.05) is 25.1 Å². The Morgan fingerprint density at radius 2 is 2.07 bits per heavy atom. The lowest BCUT2D eigenvalue weighted by Gasteiger charge is -1.99. The third-order valence-electron chi connectivity index (χ3n) is 4.19. The molecule has 1 aromatic carbocycles. The van der Waals surface area contributed by atoms with Crippen molar-refractivity contribution in [1.29, 1.82) is 0 Å². The molecule has 4 aromatic rings. The summed E-state index contributed by atoms with van der Waals surface area (Å²) >= 11 is 1.20. The van der Waals surface area contributed by atoms with E-state index >= 15 is 0 Å². The number of hydrogen-bond donors (Lipinski definition) is 1. The molecule has 0 saturated heterocycles. The highest BCUT2D eigenvalue weighted by molar-refractivity contribution is 7.12. The molecular weight excluding hydrogens is 396 g/mol. The van der Waals surface area contributed by atoms with Crippen LogP contribution in [0.15, 0.2) is 44.7 Å². The first kappa shape index (κ1) is 17.4. The monoisotopic (exact) mass is 410 g/mol. The maximum atomic E-state index is 12.3. The second-order valence-electron chi connectivity index (χ2n) is 6.22. The van der Waals surface area contributed by atoms with Crippen LogP contribution in [0, 0.1) is 6.92 Å². The van der Waals surface area contributed by atoms with Gasteiger partial charge in [-0.25, -0.2) is 4.98 Å². The van der Waals surface area contributed by atoms with Gasteiger partial charge in [-0.15, -0.1) is 11.3 Å². The smallest absolute Gasteiger partial charge is 0.280 e. The molecule has 0 fully saturated rings. The summed E-state index contributed by atoms with van der Waals surface area (Å²) in [7, 11) is 0. The van der Waals surface area contributed by atoms with Gasteiger partial charge in [0.1, 0.15) is 17.2 Å². The number of furan rings is 1. The Hall–Kier alpha value is -3.66. The van der Waals surface area contributed by atoms with Crippen molar-refractivity contribution < 1.29 is 23.2 Å². The Bertz CT molecular complexity index is 1190. The van der Waals surface area contributed by atoms with Crippen LogP contribution in [0.2, 0.25) is 0 Å². The summed E-state index contributed by atoms with van der Waals surface area (Å²) in [5.41, 5.74) is 1.17. The van der Waals surface area contributed by atoms with E-state index in [0.29, 0.717) is 33.8 Å². The minimum atomic E-state index is -0.300. The van der Waals surface area contributed by atoms with Crippen molar-refractivity contribution in [1.82, 2.24) is 20.4 Å². The van der Waals surface area contributed by atoms with E-state index in [9.17, 15) is 4.79 Å². The number of aryl methyl sites for hydroxylation is 1. The van der Waals surface area contributed by atoms with Crippen LogP contribution in [-0.4, -0.2) is 27.8 Å². The van der Waals surface area contributed by atoms with E-state index in [0.717, 1.165) is 11.3 Å². The lowest BCUT2D eigenvalue weighted by Crippen LogP contribution is -2.22. The van der Waals surface area contributed by atoms with E-state index in [-0.39, 0.29) is 25.1 Å². The zero-order valence-electron chi connectivity index (χ0n) is 15.2. The normalized spacial score (nSPS) is 12.3. The zero-order chi connectivity index (χ0) is 19.8. The van der Waals surface area contributed by atoms with Gasteiger partial charge in [-0.2, -0.15) is 4.98 Å². The first-order valence-corrected chi connectivity index (χ1v) is 9.57. The quantitative estimate of drug-likeness (QED) is 0.533. The van der Waals surface area contributed by atoms with Crippen molar-refractivity contribution in [3.05, 3.63) is 52.2 Å². The fourth-order valence-corrected chi connectivity index (χ4v) is 3.49. The molecule has 146 valence electrons. The van der Waals surface area contributed by atoms with Crippen molar-refractivity contribution in [3.8, 4) is 34.5 Å². The number of amides is 1. The van der Waals surface area contributed by atoms with E-state index in [1.165, 1.54) is 11.3 Å². The standard InChI is InChI=1S/C19H14N4O5S/c1-10-2-4-12(27-10)7-20-17(24)19-21-13(8-29-19)18-22-16(23-28-18)11-3-5-14-15(6-11)26-9-25-14/h2-6,8H,7,9H2,1H3,(H,20,24). The van der Waals surface area contributed by atoms with Gasteiger partial charge in [0.25, 0.3) is 11.8 Å². The summed E-state index contributed by atoms with van der Waals surface area (Å²) in [6, 6.07) is 9.06. The van der Waals surface area contributed by atoms with Gasteiger partial charge in [-0.1, -0.05) is 5.16 Å². The topological polar surface area (TPSA) is 113 Å². The van der Waals surface area contributed by atoms with Crippen LogP contribution in [-0.2, 0) is 6.54 Å². The highest BCUT2D eigenvalue weighted by Gasteiger charge is 2.19. The van der Waals surface area contributed by atoms with Crippen LogP contribution >= 0.6 is 11.3 Å². The average Bonchev–Trinajstić information content (AvgIpc) is 3.51. The zero-order valence-corrected chi connectivity index (χ0v) is 16.0. The highest BCUT2D eigenvalue weighted by atomic mass is 32.1. The molecule has 4 heterocycles. The van der Waals surface area contributed by atoms with Gasteiger partial charge in [0.05, 0.1) is 6.54 Å². The Morgan fingerprint density at radius 3 is 2.93 bits per heavy atom. The number of rotatable bonds is 5. The first-order chi connectivity index (χ1) is 14.2. The van der Waals surface area contributed by atoms with Gasteiger partial charge in [0.15, 0.2) is 16.5 Å². The number of ether oxygens (including phenoxy) is 2. The number of fused-ring (bicyclic) bond motifs is 1. The molecule has 0 saturated carbocycles. The highest BCUT2D eigenvalue weighted by Crippen LogP contribution is 2.35. The van der Waals surface area contributed by atoms with E-state index in [2.05, 4.69) is 20.4 Å². The third-order valence-corrected chi connectivity index (χ3v) is 5.03. The number of carbonyl (C=O) groups excluding carboxylic acids is 1. The molecule has 0 spiro atoms. The Morgan fingerprint density at radius 1 is 1.17 bits per heavy atom. The molecule has 10 heteroatoms. The molecule has 29 heavy (non-hydrogen) atoms. The molecule has 0 atom stereocenters. The number of aromatic nitrogens is 3. The molecule has 0 aliphatic carbocycles. The molecule has 3 aromatic heterocycles. The minimum absolute atomic E-state index is 0.194. The maximum absolute atomic E-state index is 12.3. The van der Waals surface area contributed by atoms with Gasteiger partial charge in [-0.05, 0) is 37.3 Å². The van der Waals surface area contributed by atoms with Crippen LogP contribution in [0.4, 0.5) is 0 Å². The minimum Gasteiger partial charge on any atom is -0.465 e. The van der Waals surface area contributed by atoms with Gasteiger partial charge in [0.2, 0.25) is 12.6 Å². The largest absolute Gasteiger partial charge is 0.465 e. The number of benzene rings is 1. The first-order valence-electron chi connectivity index (χ1n) is 8.69. The van der Waals surface area contributed by atoms with E-state index < -0.39 is 0 Å². The molecule has 1 amide bonds. The van der Waals surface area contributed by atoms with E-state index in [4.69, 9.17) is 18.4 Å². The van der Waals surface area contributed by atoms with Gasteiger partial charge >= 0.3 is 0 Å². The molecule has 1 aliphatic rings. The maximum Gasteiger partial charge on any atom is 0.280 e. The number of hydrogen-bond acceptors (Lipinski definition) is 9. The number of thiazole rings is 1. The lowest BCUT2D eigenvalue weighted by atomic mass is 10.2.